The first-order chi connectivity index (χ1) is 8.13. The second-order valence-electron chi connectivity index (χ2n) is 4.25. The minimum atomic E-state index is -0.520. The lowest BCUT2D eigenvalue weighted by molar-refractivity contribution is -0.151. The lowest BCUT2D eigenvalue weighted by Gasteiger charge is -2.21. The highest BCUT2D eigenvalue weighted by molar-refractivity contribution is 5.93. The summed E-state index contributed by atoms with van der Waals surface area (Å²) in [5, 5.41) is 0. The molecule has 0 radical (unpaired) electrons. The van der Waals surface area contributed by atoms with Gasteiger partial charge in [0.25, 0.3) is 0 Å². The lowest BCUT2D eigenvalue weighted by Crippen LogP contribution is -2.22. The molecule has 1 aliphatic carbocycles. The average Bonchev–Trinajstić information content (AvgIpc) is 2.30. The van der Waals surface area contributed by atoms with Crippen LogP contribution in [0.5, 0.6) is 0 Å². The van der Waals surface area contributed by atoms with E-state index in [1.54, 1.807) is 6.92 Å². The van der Waals surface area contributed by atoms with Crippen LogP contribution in [0.1, 0.15) is 45.4 Å². The van der Waals surface area contributed by atoms with E-state index >= 15 is 0 Å². The Balaban J connectivity index is 2.28. The second kappa shape index (κ2) is 7.09. The molecule has 0 saturated heterocycles. The van der Waals surface area contributed by atoms with Gasteiger partial charge in [0.05, 0.1) is 13.0 Å². The van der Waals surface area contributed by atoms with E-state index < -0.39 is 5.97 Å². The molecule has 0 bridgehead atoms. The zero-order chi connectivity index (χ0) is 12.7. The van der Waals surface area contributed by atoms with Crippen molar-refractivity contribution in [1.29, 1.82) is 0 Å². The van der Waals surface area contributed by atoms with Crippen LogP contribution in [0.4, 0.5) is 0 Å². The fraction of sp³-hybridized carbons (Fsp3) is 0.692. The van der Waals surface area contributed by atoms with Crippen LogP contribution >= 0.6 is 0 Å². The van der Waals surface area contributed by atoms with Crippen molar-refractivity contribution in [2.75, 3.05) is 6.61 Å². The summed E-state index contributed by atoms with van der Waals surface area (Å²) in [5.41, 5.74) is 0.160. The molecular weight excluding hydrogens is 220 g/mol. The molecule has 0 aliphatic heterocycles. The molecule has 4 nitrogen and oxygen atoms in total. The Hall–Kier alpha value is -1.32. The maximum Gasteiger partial charge on any atom is 0.333 e. The van der Waals surface area contributed by atoms with Gasteiger partial charge in [-0.25, -0.2) is 4.79 Å². The van der Waals surface area contributed by atoms with Crippen molar-refractivity contribution >= 4 is 11.9 Å². The third-order valence-corrected chi connectivity index (χ3v) is 2.77. The van der Waals surface area contributed by atoms with Crippen molar-refractivity contribution in [3.05, 3.63) is 12.2 Å². The van der Waals surface area contributed by atoms with Crippen molar-refractivity contribution in [2.45, 2.75) is 51.6 Å². The first-order valence-corrected chi connectivity index (χ1v) is 6.18. The molecule has 96 valence electrons. The summed E-state index contributed by atoms with van der Waals surface area (Å²) in [5.74, 6) is -0.900. The zero-order valence-electron chi connectivity index (χ0n) is 10.4. The summed E-state index contributed by atoms with van der Waals surface area (Å²) < 4.78 is 10.0. The van der Waals surface area contributed by atoms with Crippen molar-refractivity contribution in [2.24, 2.45) is 0 Å². The van der Waals surface area contributed by atoms with Gasteiger partial charge in [0.1, 0.15) is 6.10 Å². The summed E-state index contributed by atoms with van der Waals surface area (Å²) >= 11 is 0. The van der Waals surface area contributed by atoms with E-state index in [4.69, 9.17) is 9.47 Å². The molecular formula is C13H20O4. The van der Waals surface area contributed by atoms with Crippen molar-refractivity contribution < 1.29 is 19.1 Å². The summed E-state index contributed by atoms with van der Waals surface area (Å²) in [6.45, 7) is 5.53. The van der Waals surface area contributed by atoms with E-state index in [0.717, 1.165) is 25.7 Å². The second-order valence-corrected chi connectivity index (χ2v) is 4.25. The van der Waals surface area contributed by atoms with E-state index in [1.807, 2.05) is 0 Å². The largest absolute Gasteiger partial charge is 0.463 e. The smallest absolute Gasteiger partial charge is 0.333 e. The van der Waals surface area contributed by atoms with Gasteiger partial charge >= 0.3 is 11.9 Å². The van der Waals surface area contributed by atoms with E-state index in [0.29, 0.717) is 0 Å². The van der Waals surface area contributed by atoms with Crippen LogP contribution < -0.4 is 0 Å². The van der Waals surface area contributed by atoms with Gasteiger partial charge in [-0.15, -0.1) is 0 Å². The normalized spacial score (nSPS) is 16.3. The van der Waals surface area contributed by atoms with Gasteiger partial charge in [-0.05, 0) is 32.6 Å². The number of hydrogen-bond acceptors (Lipinski definition) is 4. The van der Waals surface area contributed by atoms with Crippen LogP contribution in [0.2, 0.25) is 0 Å². The molecule has 1 saturated carbocycles. The number of carbonyl (C=O) groups excluding carboxylic acids is 2. The zero-order valence-corrected chi connectivity index (χ0v) is 10.4. The molecule has 1 rings (SSSR count). The molecule has 0 N–H and O–H groups in total. The summed E-state index contributed by atoms with van der Waals surface area (Å²) in [7, 11) is 0. The number of ether oxygens (including phenoxy) is 2. The van der Waals surface area contributed by atoms with Crippen LogP contribution in [0, 0.1) is 0 Å². The minimum absolute atomic E-state index is 0.0197. The van der Waals surface area contributed by atoms with Gasteiger partial charge in [0.2, 0.25) is 0 Å². The van der Waals surface area contributed by atoms with E-state index in [2.05, 4.69) is 6.58 Å². The molecule has 0 aromatic rings. The Labute approximate surface area is 102 Å². The van der Waals surface area contributed by atoms with Gasteiger partial charge in [-0.1, -0.05) is 13.0 Å². The molecule has 0 aromatic carbocycles. The molecule has 0 unspecified atom stereocenters. The first kappa shape index (κ1) is 13.7. The predicted molar refractivity (Wildman–Crippen MR) is 63.4 cm³/mol. The monoisotopic (exact) mass is 240 g/mol. The minimum Gasteiger partial charge on any atom is -0.463 e. The average molecular weight is 240 g/mol. The van der Waals surface area contributed by atoms with Crippen LogP contribution in [-0.4, -0.2) is 24.6 Å². The molecule has 0 atom stereocenters. The lowest BCUT2D eigenvalue weighted by atomic mass is 9.98. The third-order valence-electron chi connectivity index (χ3n) is 2.77. The van der Waals surface area contributed by atoms with Gasteiger partial charge in [0, 0.05) is 5.57 Å². The van der Waals surface area contributed by atoms with E-state index in [9.17, 15) is 9.59 Å². The molecule has 0 spiro atoms. The van der Waals surface area contributed by atoms with Crippen LogP contribution in [0.25, 0.3) is 0 Å². The molecule has 0 amide bonds. The number of hydrogen-bond donors (Lipinski definition) is 0. The maximum atomic E-state index is 11.5. The van der Waals surface area contributed by atoms with Crippen molar-refractivity contribution in [3.8, 4) is 0 Å². The Bertz CT molecular complexity index is 290. The highest BCUT2D eigenvalue weighted by Gasteiger charge is 2.20. The van der Waals surface area contributed by atoms with Crippen molar-refractivity contribution in [1.82, 2.24) is 0 Å². The Morgan fingerprint density at radius 1 is 1.24 bits per heavy atom. The molecule has 0 aromatic heterocycles. The Morgan fingerprint density at radius 3 is 2.47 bits per heavy atom. The van der Waals surface area contributed by atoms with Crippen LogP contribution in [0.15, 0.2) is 12.2 Å². The van der Waals surface area contributed by atoms with Gasteiger partial charge in [0.15, 0.2) is 0 Å². The maximum absolute atomic E-state index is 11.5. The standard InChI is InChI=1S/C13H20O4/c1-3-16-13(15)10(2)9-12(14)17-11-7-5-4-6-8-11/h11H,2-9H2,1H3. The SMILES string of the molecule is C=C(CC(=O)OC1CCCCC1)C(=O)OCC. The summed E-state index contributed by atoms with van der Waals surface area (Å²) in [6, 6.07) is 0. The van der Waals surface area contributed by atoms with Gasteiger partial charge in [-0.2, -0.15) is 0 Å². The van der Waals surface area contributed by atoms with Gasteiger partial charge in [-0.3, -0.25) is 4.79 Å². The summed E-state index contributed by atoms with van der Waals surface area (Å²) in [6.07, 6.45) is 5.23. The molecule has 17 heavy (non-hydrogen) atoms. The first-order valence-electron chi connectivity index (χ1n) is 6.18. The predicted octanol–water partition coefficient (Wildman–Crippen LogP) is 2.37. The molecule has 1 fully saturated rings. The van der Waals surface area contributed by atoms with Crippen molar-refractivity contribution in [3.63, 3.8) is 0 Å². The van der Waals surface area contributed by atoms with E-state index in [-0.39, 0.29) is 30.7 Å². The fourth-order valence-corrected chi connectivity index (χ4v) is 1.89. The summed E-state index contributed by atoms with van der Waals surface area (Å²) in [4.78, 5) is 22.8. The third kappa shape index (κ3) is 5.02. The highest BCUT2D eigenvalue weighted by atomic mass is 16.5. The Morgan fingerprint density at radius 2 is 1.88 bits per heavy atom. The molecule has 0 heterocycles. The van der Waals surface area contributed by atoms with Crippen LogP contribution in [0.3, 0.4) is 0 Å². The van der Waals surface area contributed by atoms with Crippen LogP contribution in [-0.2, 0) is 19.1 Å². The van der Waals surface area contributed by atoms with E-state index in [1.165, 1.54) is 6.42 Å². The topological polar surface area (TPSA) is 52.6 Å². The van der Waals surface area contributed by atoms with Gasteiger partial charge < -0.3 is 9.47 Å². The fourth-order valence-electron chi connectivity index (χ4n) is 1.89. The number of carbonyl (C=O) groups is 2. The number of esters is 2. The molecule has 4 heteroatoms. The molecule has 1 aliphatic rings. The Kier molecular flexibility index (Phi) is 5.73. The quantitative estimate of drug-likeness (QED) is 0.547. The number of rotatable bonds is 5. The highest BCUT2D eigenvalue weighted by Crippen LogP contribution is 2.21.